The maximum Gasteiger partial charge on any atom is 0.242 e. The number of methoxy groups -OCH3 is 1. The van der Waals surface area contributed by atoms with Crippen molar-refractivity contribution in [2.24, 2.45) is 4.99 Å². The van der Waals surface area contributed by atoms with Gasteiger partial charge in [-0.2, -0.15) is 0 Å². The monoisotopic (exact) mass is 368 g/mol. The fourth-order valence-electron chi connectivity index (χ4n) is 2.50. The second-order valence-electron chi connectivity index (χ2n) is 6.10. The van der Waals surface area contributed by atoms with Crippen LogP contribution in [0.4, 0.5) is 0 Å². The molecule has 0 aromatic heterocycles. The third-order valence-electron chi connectivity index (χ3n) is 4.03. The molecule has 144 valence electrons. The Bertz CT molecular complexity index is 730. The molecule has 0 aliphatic carbocycles. The van der Waals surface area contributed by atoms with Crippen LogP contribution in [0, 0.1) is 0 Å². The van der Waals surface area contributed by atoms with E-state index in [0.29, 0.717) is 12.5 Å². The predicted molar refractivity (Wildman–Crippen MR) is 109 cm³/mol. The van der Waals surface area contributed by atoms with Crippen LogP contribution in [0.25, 0.3) is 0 Å². The van der Waals surface area contributed by atoms with E-state index >= 15 is 0 Å². The zero-order valence-corrected chi connectivity index (χ0v) is 16.2. The molecule has 2 aromatic carbocycles. The summed E-state index contributed by atoms with van der Waals surface area (Å²) in [5.74, 6) is 1.28. The van der Waals surface area contributed by atoms with Crippen molar-refractivity contribution < 1.29 is 9.53 Å². The molecular weight excluding hydrogens is 340 g/mol. The zero-order valence-electron chi connectivity index (χ0n) is 16.2. The summed E-state index contributed by atoms with van der Waals surface area (Å²) < 4.78 is 5.13. The van der Waals surface area contributed by atoms with Crippen LogP contribution in [0.15, 0.2) is 59.6 Å². The van der Waals surface area contributed by atoms with Crippen molar-refractivity contribution >= 4 is 11.9 Å². The number of carbonyl (C=O) groups is 1. The average Bonchev–Trinajstić information content (AvgIpc) is 2.71. The third-order valence-corrected chi connectivity index (χ3v) is 4.03. The van der Waals surface area contributed by atoms with Crippen LogP contribution in [0.2, 0.25) is 0 Å². The highest BCUT2D eigenvalue weighted by molar-refractivity contribution is 5.85. The summed E-state index contributed by atoms with van der Waals surface area (Å²) in [5.41, 5.74) is 2.17. The van der Waals surface area contributed by atoms with Crippen LogP contribution in [0.1, 0.15) is 31.0 Å². The van der Waals surface area contributed by atoms with Crippen LogP contribution in [-0.4, -0.2) is 32.1 Å². The molecule has 1 atom stereocenters. The molecule has 27 heavy (non-hydrogen) atoms. The third kappa shape index (κ3) is 7.01. The van der Waals surface area contributed by atoms with E-state index in [1.54, 1.807) is 7.11 Å². The molecule has 6 nitrogen and oxygen atoms in total. The smallest absolute Gasteiger partial charge is 0.242 e. The Labute approximate surface area is 161 Å². The molecule has 0 fully saturated rings. The standard InChI is InChI=1S/C21H28N4O2/c1-4-22-21(25-16(2)18-8-6-5-7-9-18)24-15-20(26)23-14-17-10-12-19(27-3)13-11-17/h5-13,16H,4,14-15H2,1-3H3,(H,23,26)(H2,22,24,25). The molecule has 0 saturated heterocycles. The van der Waals surface area contributed by atoms with Crippen molar-refractivity contribution in [2.45, 2.75) is 26.4 Å². The van der Waals surface area contributed by atoms with Gasteiger partial charge in [-0.1, -0.05) is 42.5 Å². The molecule has 2 rings (SSSR count). The van der Waals surface area contributed by atoms with Crippen molar-refractivity contribution in [1.29, 1.82) is 0 Å². The summed E-state index contributed by atoms with van der Waals surface area (Å²) in [7, 11) is 1.63. The van der Waals surface area contributed by atoms with Gasteiger partial charge in [0.1, 0.15) is 12.3 Å². The first kappa shape index (κ1) is 20.3. The Morgan fingerprint density at radius 1 is 1.07 bits per heavy atom. The average molecular weight is 368 g/mol. The van der Waals surface area contributed by atoms with E-state index in [0.717, 1.165) is 23.4 Å². The minimum Gasteiger partial charge on any atom is -0.497 e. The Kier molecular flexibility index (Phi) is 8.16. The summed E-state index contributed by atoms with van der Waals surface area (Å²) in [6, 6.07) is 17.8. The van der Waals surface area contributed by atoms with Crippen LogP contribution in [0.5, 0.6) is 5.75 Å². The van der Waals surface area contributed by atoms with Crippen molar-refractivity contribution in [1.82, 2.24) is 16.0 Å². The number of ether oxygens (including phenoxy) is 1. The fourth-order valence-corrected chi connectivity index (χ4v) is 2.50. The van der Waals surface area contributed by atoms with Crippen molar-refractivity contribution in [3.63, 3.8) is 0 Å². The highest BCUT2D eigenvalue weighted by atomic mass is 16.5. The summed E-state index contributed by atoms with van der Waals surface area (Å²) in [5, 5.41) is 9.37. The first-order chi connectivity index (χ1) is 13.1. The lowest BCUT2D eigenvalue weighted by Crippen LogP contribution is -2.39. The maximum atomic E-state index is 12.1. The lowest BCUT2D eigenvalue weighted by molar-refractivity contribution is -0.119. The molecule has 0 bridgehead atoms. The van der Waals surface area contributed by atoms with Gasteiger partial charge in [0.2, 0.25) is 5.91 Å². The van der Waals surface area contributed by atoms with E-state index in [9.17, 15) is 4.79 Å². The van der Waals surface area contributed by atoms with Crippen LogP contribution < -0.4 is 20.7 Å². The van der Waals surface area contributed by atoms with Gasteiger partial charge in [0.05, 0.1) is 13.2 Å². The largest absolute Gasteiger partial charge is 0.497 e. The van der Waals surface area contributed by atoms with E-state index in [-0.39, 0.29) is 18.5 Å². The maximum absolute atomic E-state index is 12.1. The molecule has 0 saturated carbocycles. The van der Waals surface area contributed by atoms with Crippen LogP contribution in [-0.2, 0) is 11.3 Å². The van der Waals surface area contributed by atoms with Gasteiger partial charge in [0, 0.05) is 13.1 Å². The Morgan fingerprint density at radius 3 is 2.41 bits per heavy atom. The minimum absolute atomic E-state index is 0.0625. The second-order valence-corrected chi connectivity index (χ2v) is 6.10. The molecule has 0 aliphatic heterocycles. The van der Waals surface area contributed by atoms with Crippen molar-refractivity contribution in [3.8, 4) is 5.75 Å². The molecule has 0 aliphatic rings. The van der Waals surface area contributed by atoms with Crippen molar-refractivity contribution in [2.75, 3.05) is 20.2 Å². The second kappa shape index (κ2) is 10.9. The normalized spacial score (nSPS) is 12.2. The van der Waals surface area contributed by atoms with Gasteiger partial charge in [0.15, 0.2) is 5.96 Å². The molecule has 0 heterocycles. The number of carbonyl (C=O) groups excluding carboxylic acids is 1. The molecule has 6 heteroatoms. The SMILES string of the molecule is CCNC(=NCC(=O)NCc1ccc(OC)cc1)NC(C)c1ccccc1. The number of guanidine groups is 1. The molecule has 1 amide bonds. The summed E-state index contributed by atoms with van der Waals surface area (Å²) in [4.78, 5) is 16.5. The number of hydrogen-bond acceptors (Lipinski definition) is 3. The molecule has 1 unspecified atom stereocenters. The zero-order chi connectivity index (χ0) is 19.5. The van der Waals surface area contributed by atoms with Gasteiger partial charge < -0.3 is 20.7 Å². The summed E-state index contributed by atoms with van der Waals surface area (Å²) in [6.07, 6.45) is 0. The first-order valence-corrected chi connectivity index (χ1v) is 9.11. The summed E-state index contributed by atoms with van der Waals surface area (Å²) >= 11 is 0. The van der Waals surface area contributed by atoms with Crippen molar-refractivity contribution in [3.05, 3.63) is 65.7 Å². The Balaban J connectivity index is 1.86. The molecule has 3 N–H and O–H groups in total. The van der Waals surface area contributed by atoms with Gasteiger partial charge in [-0.25, -0.2) is 4.99 Å². The Morgan fingerprint density at radius 2 is 1.78 bits per heavy atom. The van der Waals surface area contributed by atoms with Gasteiger partial charge in [0.25, 0.3) is 0 Å². The van der Waals surface area contributed by atoms with Gasteiger partial charge in [-0.3, -0.25) is 4.79 Å². The number of aliphatic imine (C=N–C) groups is 1. The lowest BCUT2D eigenvalue weighted by atomic mass is 10.1. The molecule has 0 radical (unpaired) electrons. The van der Waals surface area contributed by atoms with E-state index in [1.807, 2.05) is 49.4 Å². The number of amides is 1. The van der Waals surface area contributed by atoms with Gasteiger partial charge in [-0.15, -0.1) is 0 Å². The topological polar surface area (TPSA) is 74.8 Å². The van der Waals surface area contributed by atoms with E-state index in [4.69, 9.17) is 4.74 Å². The van der Waals surface area contributed by atoms with E-state index in [2.05, 4.69) is 40.0 Å². The highest BCUT2D eigenvalue weighted by Crippen LogP contribution is 2.11. The highest BCUT2D eigenvalue weighted by Gasteiger charge is 2.08. The predicted octanol–water partition coefficient (Wildman–Crippen LogP) is 2.63. The lowest BCUT2D eigenvalue weighted by Gasteiger charge is -2.18. The number of nitrogens with zero attached hydrogens (tertiary/aromatic N) is 1. The number of benzene rings is 2. The Hall–Kier alpha value is -3.02. The number of rotatable bonds is 8. The summed E-state index contributed by atoms with van der Waals surface area (Å²) in [6.45, 7) is 5.30. The molecule has 0 spiro atoms. The van der Waals surface area contributed by atoms with Gasteiger partial charge in [-0.05, 0) is 37.1 Å². The quantitative estimate of drug-likeness (QED) is 0.495. The van der Waals surface area contributed by atoms with Crippen LogP contribution in [0.3, 0.4) is 0 Å². The fraction of sp³-hybridized carbons (Fsp3) is 0.333. The van der Waals surface area contributed by atoms with E-state index < -0.39 is 0 Å². The van der Waals surface area contributed by atoms with Gasteiger partial charge >= 0.3 is 0 Å². The molecular formula is C21H28N4O2. The number of nitrogens with one attached hydrogen (secondary N) is 3. The van der Waals surface area contributed by atoms with E-state index in [1.165, 1.54) is 0 Å². The first-order valence-electron chi connectivity index (χ1n) is 9.11. The molecule has 2 aromatic rings. The minimum atomic E-state index is -0.129. The number of hydrogen-bond donors (Lipinski definition) is 3. The van der Waals surface area contributed by atoms with Crippen LogP contribution >= 0.6 is 0 Å².